The van der Waals surface area contributed by atoms with Crippen molar-refractivity contribution in [3.8, 4) is 0 Å². The number of alkyl carbamates (subject to hydrolysis) is 1. The van der Waals surface area contributed by atoms with Crippen LogP contribution in [-0.4, -0.2) is 46.5 Å². The van der Waals surface area contributed by atoms with Crippen molar-refractivity contribution in [2.45, 2.75) is 58.7 Å². The SMILES string of the molecule is CC(C(=O)CC(=O)O)[C@H]1NC(=O)[C@@H]1[C@@H](C)NC(=O)OC(C)(C)C. The first-order valence-corrected chi connectivity index (χ1v) is 7.46. The Morgan fingerprint density at radius 3 is 2.30 bits per heavy atom. The average Bonchev–Trinajstić information content (AvgIpc) is 2.30. The third-order valence-corrected chi connectivity index (χ3v) is 3.65. The summed E-state index contributed by atoms with van der Waals surface area (Å²) >= 11 is 0. The highest BCUT2D eigenvalue weighted by atomic mass is 16.6. The zero-order valence-electron chi connectivity index (χ0n) is 14.0. The maximum absolute atomic E-state index is 11.8. The summed E-state index contributed by atoms with van der Waals surface area (Å²) in [6.45, 7) is 8.39. The van der Waals surface area contributed by atoms with E-state index in [4.69, 9.17) is 9.84 Å². The van der Waals surface area contributed by atoms with Crippen molar-refractivity contribution in [1.82, 2.24) is 10.6 Å². The molecule has 1 fully saturated rings. The highest BCUT2D eigenvalue weighted by Crippen LogP contribution is 2.27. The average molecular weight is 328 g/mol. The van der Waals surface area contributed by atoms with E-state index in [0.717, 1.165) is 0 Å². The second-order valence-electron chi connectivity index (χ2n) is 6.82. The van der Waals surface area contributed by atoms with Crippen LogP contribution in [0.25, 0.3) is 0 Å². The molecule has 0 radical (unpaired) electrons. The number of carbonyl (C=O) groups is 4. The Kier molecular flexibility index (Phi) is 5.74. The van der Waals surface area contributed by atoms with E-state index in [2.05, 4.69) is 10.6 Å². The van der Waals surface area contributed by atoms with Crippen LogP contribution in [0.5, 0.6) is 0 Å². The summed E-state index contributed by atoms with van der Waals surface area (Å²) in [4.78, 5) is 46.0. The van der Waals surface area contributed by atoms with Gasteiger partial charge in [-0.3, -0.25) is 14.4 Å². The molecule has 1 unspecified atom stereocenters. The molecule has 8 nitrogen and oxygen atoms in total. The molecule has 0 aromatic heterocycles. The van der Waals surface area contributed by atoms with E-state index < -0.39 is 53.8 Å². The number of aliphatic carboxylic acids is 1. The minimum atomic E-state index is -1.20. The van der Waals surface area contributed by atoms with Gasteiger partial charge in [0.05, 0.1) is 12.0 Å². The van der Waals surface area contributed by atoms with Crippen molar-refractivity contribution in [2.75, 3.05) is 0 Å². The largest absolute Gasteiger partial charge is 0.481 e. The fourth-order valence-corrected chi connectivity index (χ4v) is 2.48. The molecule has 0 spiro atoms. The van der Waals surface area contributed by atoms with E-state index in [1.54, 1.807) is 34.6 Å². The second kappa shape index (κ2) is 6.97. The van der Waals surface area contributed by atoms with Gasteiger partial charge in [-0.15, -0.1) is 0 Å². The van der Waals surface area contributed by atoms with Crippen molar-refractivity contribution in [3.63, 3.8) is 0 Å². The predicted octanol–water partition coefficient (Wildman–Crippen LogP) is 0.694. The lowest BCUT2D eigenvalue weighted by Gasteiger charge is -2.43. The monoisotopic (exact) mass is 328 g/mol. The first-order valence-electron chi connectivity index (χ1n) is 7.46. The van der Waals surface area contributed by atoms with Crippen molar-refractivity contribution in [1.29, 1.82) is 0 Å². The number of hydrogen-bond acceptors (Lipinski definition) is 5. The molecule has 1 aliphatic rings. The van der Waals surface area contributed by atoms with Crippen LogP contribution in [0.4, 0.5) is 4.79 Å². The minimum absolute atomic E-state index is 0.284. The summed E-state index contributed by atoms with van der Waals surface area (Å²) in [5.41, 5.74) is -0.657. The zero-order chi connectivity index (χ0) is 17.9. The Balaban J connectivity index is 2.66. The molecule has 130 valence electrons. The van der Waals surface area contributed by atoms with E-state index in [-0.39, 0.29) is 5.91 Å². The van der Waals surface area contributed by atoms with Crippen LogP contribution in [0.1, 0.15) is 41.0 Å². The van der Waals surface area contributed by atoms with E-state index in [0.29, 0.717) is 0 Å². The summed E-state index contributed by atoms with van der Waals surface area (Å²) in [6.07, 6.45) is -1.23. The molecule has 0 aromatic carbocycles. The summed E-state index contributed by atoms with van der Waals surface area (Å²) in [6, 6.07) is -1.04. The molecule has 0 saturated carbocycles. The van der Waals surface area contributed by atoms with Crippen LogP contribution >= 0.6 is 0 Å². The number of carboxylic acids is 1. The lowest BCUT2D eigenvalue weighted by atomic mass is 9.76. The van der Waals surface area contributed by atoms with Gasteiger partial charge in [0.2, 0.25) is 5.91 Å². The number of amides is 2. The lowest BCUT2D eigenvalue weighted by molar-refractivity contribution is -0.143. The molecule has 1 saturated heterocycles. The molecule has 8 heteroatoms. The fraction of sp³-hybridized carbons (Fsp3) is 0.733. The van der Waals surface area contributed by atoms with Crippen LogP contribution in [0.15, 0.2) is 0 Å². The molecule has 0 bridgehead atoms. The van der Waals surface area contributed by atoms with Gasteiger partial charge in [0, 0.05) is 12.0 Å². The van der Waals surface area contributed by atoms with E-state index >= 15 is 0 Å². The van der Waals surface area contributed by atoms with Gasteiger partial charge in [0.1, 0.15) is 17.8 Å². The number of Topliss-reactive ketones (excluding diaryl/α,β-unsaturated/α-hetero) is 1. The minimum Gasteiger partial charge on any atom is -0.481 e. The first-order chi connectivity index (χ1) is 10.4. The number of carboxylic acid groups (broad SMARTS) is 1. The van der Waals surface area contributed by atoms with Crippen molar-refractivity contribution in [2.24, 2.45) is 11.8 Å². The molecule has 3 N–H and O–H groups in total. The summed E-state index contributed by atoms with van der Waals surface area (Å²) in [5.74, 6) is -3.19. The number of carbonyl (C=O) groups excluding carboxylic acids is 3. The van der Waals surface area contributed by atoms with Gasteiger partial charge >= 0.3 is 12.1 Å². The second-order valence-corrected chi connectivity index (χ2v) is 6.82. The quantitative estimate of drug-likeness (QED) is 0.487. The number of β-lactam (4-membered cyclic amide) rings is 1. The van der Waals surface area contributed by atoms with Crippen LogP contribution in [0, 0.1) is 11.8 Å². The Morgan fingerprint density at radius 2 is 1.87 bits per heavy atom. The van der Waals surface area contributed by atoms with Crippen molar-refractivity contribution < 1.29 is 29.0 Å². The van der Waals surface area contributed by atoms with Crippen molar-refractivity contribution in [3.05, 3.63) is 0 Å². The fourth-order valence-electron chi connectivity index (χ4n) is 2.48. The highest BCUT2D eigenvalue weighted by molar-refractivity contribution is 5.98. The summed E-state index contributed by atoms with van der Waals surface area (Å²) < 4.78 is 5.13. The third-order valence-electron chi connectivity index (χ3n) is 3.65. The lowest BCUT2D eigenvalue weighted by Crippen LogP contribution is -2.67. The van der Waals surface area contributed by atoms with Gasteiger partial charge in [-0.1, -0.05) is 6.92 Å². The standard InChI is InChI=1S/C15H24N2O6/c1-7(9(18)6-10(19)20)12-11(13(21)17-12)8(2)16-14(22)23-15(3,4)5/h7-8,11-12H,6H2,1-5H3,(H,16,22)(H,17,21)(H,19,20)/t7?,8-,11-,12-/m1/s1. The Hall–Kier alpha value is -2.12. The van der Waals surface area contributed by atoms with Crippen LogP contribution in [0.2, 0.25) is 0 Å². The van der Waals surface area contributed by atoms with Gasteiger partial charge in [0.25, 0.3) is 0 Å². The maximum atomic E-state index is 11.8. The summed E-state index contributed by atoms with van der Waals surface area (Å²) in [7, 11) is 0. The van der Waals surface area contributed by atoms with Gasteiger partial charge < -0.3 is 20.5 Å². The topological polar surface area (TPSA) is 122 Å². The Morgan fingerprint density at radius 1 is 1.30 bits per heavy atom. The highest BCUT2D eigenvalue weighted by Gasteiger charge is 2.48. The number of ether oxygens (including phenoxy) is 1. The van der Waals surface area contributed by atoms with Crippen LogP contribution < -0.4 is 10.6 Å². The first kappa shape index (κ1) is 18.9. The molecule has 1 heterocycles. The summed E-state index contributed by atoms with van der Waals surface area (Å²) in [5, 5.41) is 13.9. The third kappa shape index (κ3) is 5.22. The van der Waals surface area contributed by atoms with E-state index in [9.17, 15) is 19.2 Å². The predicted molar refractivity (Wildman–Crippen MR) is 80.7 cm³/mol. The molecule has 4 atom stereocenters. The zero-order valence-corrected chi connectivity index (χ0v) is 14.0. The van der Waals surface area contributed by atoms with Gasteiger partial charge in [-0.25, -0.2) is 4.79 Å². The number of nitrogens with one attached hydrogen (secondary N) is 2. The molecule has 0 aromatic rings. The van der Waals surface area contributed by atoms with Gasteiger partial charge in [-0.2, -0.15) is 0 Å². The smallest absolute Gasteiger partial charge is 0.407 e. The van der Waals surface area contributed by atoms with E-state index in [1.807, 2.05) is 0 Å². The molecular formula is C15H24N2O6. The van der Waals surface area contributed by atoms with Crippen LogP contribution in [0.3, 0.4) is 0 Å². The molecule has 2 amide bonds. The molecule has 23 heavy (non-hydrogen) atoms. The Bertz CT molecular complexity index is 511. The molecule has 1 rings (SSSR count). The van der Waals surface area contributed by atoms with Gasteiger partial charge in [0.15, 0.2) is 0 Å². The number of hydrogen-bond donors (Lipinski definition) is 3. The Labute approximate surface area is 134 Å². The number of ketones is 1. The van der Waals surface area contributed by atoms with Gasteiger partial charge in [-0.05, 0) is 27.7 Å². The van der Waals surface area contributed by atoms with Crippen LogP contribution in [-0.2, 0) is 19.1 Å². The van der Waals surface area contributed by atoms with E-state index in [1.165, 1.54) is 0 Å². The molecular weight excluding hydrogens is 304 g/mol. The molecule has 1 aliphatic heterocycles. The number of rotatable bonds is 6. The van der Waals surface area contributed by atoms with Crippen molar-refractivity contribution >= 4 is 23.8 Å². The normalized spacial score (nSPS) is 23.1. The maximum Gasteiger partial charge on any atom is 0.407 e. The molecule has 0 aliphatic carbocycles.